The summed E-state index contributed by atoms with van der Waals surface area (Å²) in [5, 5.41) is 0.646. The minimum absolute atomic E-state index is 0.116. The first-order chi connectivity index (χ1) is 7.97. The summed E-state index contributed by atoms with van der Waals surface area (Å²) in [6.45, 7) is 2.50. The minimum atomic E-state index is -0.728. The first-order valence-electron chi connectivity index (χ1n) is 5.29. The fourth-order valence-electron chi connectivity index (χ4n) is 1.91. The molecule has 0 amide bonds. The van der Waals surface area contributed by atoms with Crippen LogP contribution in [0.5, 0.6) is 0 Å². The maximum atomic E-state index is 12.4. The predicted molar refractivity (Wildman–Crippen MR) is 67.7 cm³/mol. The summed E-state index contributed by atoms with van der Waals surface area (Å²) in [5.74, 6) is -0.116. The van der Waals surface area contributed by atoms with Gasteiger partial charge in [0.05, 0.1) is 28.7 Å². The van der Waals surface area contributed by atoms with Gasteiger partial charge in [-0.15, -0.1) is 0 Å². The zero-order chi connectivity index (χ0) is 12.6. The Morgan fingerprint density at radius 3 is 2.82 bits per heavy atom. The van der Waals surface area contributed by atoms with Crippen LogP contribution in [0, 0.1) is 5.41 Å². The van der Waals surface area contributed by atoms with Crippen molar-refractivity contribution >= 4 is 29.0 Å². The lowest BCUT2D eigenvalue weighted by Gasteiger charge is -2.25. The monoisotopic (exact) mass is 273 g/mol. The number of carbonyl (C=O) groups is 1. The molecule has 2 unspecified atom stereocenters. The lowest BCUT2D eigenvalue weighted by atomic mass is 9.78. The van der Waals surface area contributed by atoms with Crippen LogP contribution in [0.3, 0.4) is 0 Å². The van der Waals surface area contributed by atoms with E-state index in [1.807, 2.05) is 0 Å². The van der Waals surface area contributed by atoms with Crippen molar-refractivity contribution in [3.63, 3.8) is 0 Å². The maximum Gasteiger partial charge on any atom is 0.174 e. The van der Waals surface area contributed by atoms with Crippen molar-refractivity contribution in [1.82, 2.24) is 0 Å². The summed E-state index contributed by atoms with van der Waals surface area (Å²) < 4.78 is 5.26. The molecule has 1 heterocycles. The first kappa shape index (κ1) is 12.8. The summed E-state index contributed by atoms with van der Waals surface area (Å²) in [7, 11) is 0. The number of ketones is 1. The van der Waals surface area contributed by atoms with Crippen LogP contribution < -0.4 is 5.73 Å². The van der Waals surface area contributed by atoms with Crippen molar-refractivity contribution in [1.29, 1.82) is 0 Å². The van der Waals surface area contributed by atoms with Gasteiger partial charge in [-0.25, -0.2) is 0 Å². The summed E-state index contributed by atoms with van der Waals surface area (Å²) in [6.07, 6.45) is 0. The number of carbonyl (C=O) groups excluding carboxylic acids is 1. The van der Waals surface area contributed by atoms with E-state index in [4.69, 9.17) is 33.7 Å². The standard InChI is InChI=1S/C12H13Cl2NO2/c1-12(6-17-5-9(12)15)11(16)7-3-2-4-8(13)10(7)14/h2-4,9H,5-6,15H2,1H3. The zero-order valence-corrected chi connectivity index (χ0v) is 10.9. The van der Waals surface area contributed by atoms with E-state index in [0.29, 0.717) is 23.8 Å². The Balaban J connectivity index is 2.41. The predicted octanol–water partition coefficient (Wildman–Crippen LogP) is 2.54. The zero-order valence-electron chi connectivity index (χ0n) is 9.37. The summed E-state index contributed by atoms with van der Waals surface area (Å²) >= 11 is 11.9. The Morgan fingerprint density at radius 1 is 1.53 bits per heavy atom. The molecule has 0 bridgehead atoms. The summed E-state index contributed by atoms with van der Waals surface area (Å²) in [4.78, 5) is 12.4. The Hall–Kier alpha value is -0.610. The van der Waals surface area contributed by atoms with Crippen molar-refractivity contribution in [3.05, 3.63) is 33.8 Å². The molecule has 17 heavy (non-hydrogen) atoms. The van der Waals surface area contributed by atoms with E-state index >= 15 is 0 Å². The Bertz CT molecular complexity index is 464. The molecule has 1 aliphatic heterocycles. The molecule has 0 radical (unpaired) electrons. The number of rotatable bonds is 2. The molecule has 2 N–H and O–H groups in total. The molecule has 5 heteroatoms. The Kier molecular flexibility index (Phi) is 3.46. The van der Waals surface area contributed by atoms with Crippen LogP contribution in [0.1, 0.15) is 17.3 Å². The SMILES string of the molecule is CC1(C(=O)c2cccc(Cl)c2Cl)COCC1N. The number of halogens is 2. The van der Waals surface area contributed by atoms with Crippen LogP contribution in [-0.4, -0.2) is 25.0 Å². The van der Waals surface area contributed by atoms with E-state index < -0.39 is 5.41 Å². The molecule has 1 saturated heterocycles. The quantitative estimate of drug-likeness (QED) is 0.843. The number of ether oxygens (including phenoxy) is 1. The third kappa shape index (κ3) is 2.08. The topological polar surface area (TPSA) is 52.3 Å². The highest BCUT2D eigenvalue weighted by Crippen LogP contribution is 2.35. The third-order valence-electron chi connectivity index (χ3n) is 3.23. The molecule has 2 rings (SSSR count). The molecule has 0 saturated carbocycles. The van der Waals surface area contributed by atoms with Crippen LogP contribution >= 0.6 is 23.2 Å². The smallest absolute Gasteiger partial charge is 0.174 e. The highest BCUT2D eigenvalue weighted by Gasteiger charge is 2.45. The van der Waals surface area contributed by atoms with Gasteiger partial charge in [-0.05, 0) is 19.1 Å². The van der Waals surface area contributed by atoms with E-state index in [9.17, 15) is 4.79 Å². The van der Waals surface area contributed by atoms with Crippen LogP contribution in [0.4, 0.5) is 0 Å². The molecule has 1 aromatic carbocycles. The van der Waals surface area contributed by atoms with Crippen LogP contribution in [0.2, 0.25) is 10.0 Å². The van der Waals surface area contributed by atoms with Crippen LogP contribution in [0.25, 0.3) is 0 Å². The van der Waals surface area contributed by atoms with Gasteiger partial charge >= 0.3 is 0 Å². The molecule has 0 spiro atoms. The van der Waals surface area contributed by atoms with Crippen LogP contribution in [0.15, 0.2) is 18.2 Å². The van der Waals surface area contributed by atoms with Gasteiger partial charge in [0.2, 0.25) is 0 Å². The fourth-order valence-corrected chi connectivity index (χ4v) is 2.30. The molecular weight excluding hydrogens is 261 g/mol. The molecule has 3 nitrogen and oxygen atoms in total. The second-order valence-electron chi connectivity index (χ2n) is 4.47. The highest BCUT2D eigenvalue weighted by molar-refractivity contribution is 6.44. The summed E-state index contributed by atoms with van der Waals surface area (Å²) in [6, 6.07) is 4.69. The van der Waals surface area contributed by atoms with Gasteiger partial charge in [0.15, 0.2) is 5.78 Å². The van der Waals surface area contributed by atoms with E-state index in [0.717, 1.165) is 0 Å². The lowest BCUT2D eigenvalue weighted by Crippen LogP contribution is -2.44. The fraction of sp³-hybridized carbons (Fsp3) is 0.417. The average molecular weight is 274 g/mol. The van der Waals surface area contributed by atoms with Crippen LogP contribution in [-0.2, 0) is 4.74 Å². The number of hydrogen-bond acceptors (Lipinski definition) is 3. The number of hydrogen-bond donors (Lipinski definition) is 1. The second-order valence-corrected chi connectivity index (χ2v) is 5.25. The molecule has 92 valence electrons. The van der Waals surface area contributed by atoms with Crippen molar-refractivity contribution in [2.45, 2.75) is 13.0 Å². The van der Waals surface area contributed by atoms with E-state index in [2.05, 4.69) is 0 Å². The summed E-state index contributed by atoms with van der Waals surface area (Å²) in [5.41, 5.74) is 5.60. The van der Waals surface area contributed by atoms with Gasteiger partial charge in [0.25, 0.3) is 0 Å². The second kappa shape index (κ2) is 4.58. The Morgan fingerprint density at radius 2 is 2.24 bits per heavy atom. The first-order valence-corrected chi connectivity index (χ1v) is 6.04. The molecule has 0 aliphatic carbocycles. The third-order valence-corrected chi connectivity index (χ3v) is 4.05. The van der Waals surface area contributed by atoms with Crippen molar-refractivity contribution in [2.24, 2.45) is 11.1 Å². The largest absolute Gasteiger partial charge is 0.379 e. The highest BCUT2D eigenvalue weighted by atomic mass is 35.5. The number of nitrogens with two attached hydrogens (primary N) is 1. The van der Waals surface area contributed by atoms with Gasteiger partial charge in [0.1, 0.15) is 0 Å². The minimum Gasteiger partial charge on any atom is -0.379 e. The van der Waals surface area contributed by atoms with Gasteiger partial charge in [0, 0.05) is 11.6 Å². The lowest BCUT2D eigenvalue weighted by molar-refractivity contribution is 0.0768. The van der Waals surface area contributed by atoms with E-state index in [1.165, 1.54) is 0 Å². The van der Waals surface area contributed by atoms with Gasteiger partial charge < -0.3 is 10.5 Å². The molecule has 1 aliphatic rings. The number of benzene rings is 1. The van der Waals surface area contributed by atoms with Crippen molar-refractivity contribution in [3.8, 4) is 0 Å². The average Bonchev–Trinajstić information content (AvgIpc) is 2.64. The van der Waals surface area contributed by atoms with E-state index in [1.54, 1.807) is 25.1 Å². The Labute approximate surface area is 110 Å². The number of Topliss-reactive ketones (excluding diaryl/α,β-unsaturated/α-hetero) is 1. The van der Waals surface area contributed by atoms with Crippen molar-refractivity contribution in [2.75, 3.05) is 13.2 Å². The van der Waals surface area contributed by atoms with Crippen molar-refractivity contribution < 1.29 is 9.53 Å². The van der Waals surface area contributed by atoms with E-state index in [-0.39, 0.29) is 16.8 Å². The van der Waals surface area contributed by atoms with Gasteiger partial charge in [-0.3, -0.25) is 4.79 Å². The normalized spacial score (nSPS) is 28.4. The molecule has 1 fully saturated rings. The van der Waals surface area contributed by atoms with Gasteiger partial charge in [-0.2, -0.15) is 0 Å². The van der Waals surface area contributed by atoms with Gasteiger partial charge in [-0.1, -0.05) is 29.3 Å². The molecule has 2 atom stereocenters. The molecule has 0 aromatic heterocycles. The maximum absolute atomic E-state index is 12.4. The molecular formula is C12H13Cl2NO2. The molecule has 1 aromatic rings.